The summed E-state index contributed by atoms with van der Waals surface area (Å²) in [6.45, 7) is 2.26. The first kappa shape index (κ1) is 13.7. The van der Waals surface area contributed by atoms with Gasteiger partial charge in [0.15, 0.2) is 0 Å². The highest BCUT2D eigenvalue weighted by Gasteiger charge is 2.32. The molecule has 0 aliphatic carbocycles. The minimum atomic E-state index is -2.61. The van der Waals surface area contributed by atoms with Crippen molar-refractivity contribution in [2.75, 3.05) is 26.2 Å². The van der Waals surface area contributed by atoms with Gasteiger partial charge in [0.2, 0.25) is 0 Å². The van der Waals surface area contributed by atoms with Crippen molar-refractivity contribution in [1.29, 1.82) is 5.26 Å². The Labute approximate surface area is 110 Å². The Bertz CT molecular complexity index is 481. The van der Waals surface area contributed by atoms with Gasteiger partial charge in [-0.1, -0.05) is 12.1 Å². The van der Waals surface area contributed by atoms with Crippen LogP contribution in [-0.2, 0) is 0 Å². The van der Waals surface area contributed by atoms with Crippen LogP contribution in [0.4, 0.5) is 8.78 Å². The summed E-state index contributed by atoms with van der Waals surface area (Å²) in [4.78, 5) is 1.64. The fraction of sp³-hybridized carbons (Fsp3) is 0.462. The van der Waals surface area contributed by atoms with Crippen LogP contribution in [0.1, 0.15) is 17.2 Å². The number of phenolic OH excluding ortho intramolecular Hbond substituents is 1. The molecule has 0 radical (unpaired) electrons. The summed E-state index contributed by atoms with van der Waals surface area (Å²) in [7, 11) is 0. The van der Waals surface area contributed by atoms with E-state index in [-0.39, 0.29) is 16.9 Å². The maximum atomic E-state index is 13.3. The van der Waals surface area contributed by atoms with Crippen molar-refractivity contribution >= 4 is 0 Å². The van der Waals surface area contributed by atoms with Gasteiger partial charge >= 0.3 is 0 Å². The van der Waals surface area contributed by atoms with E-state index in [9.17, 15) is 13.9 Å². The summed E-state index contributed by atoms with van der Waals surface area (Å²) in [6, 6.07) is 5.02. The molecule has 0 aromatic heterocycles. The summed E-state index contributed by atoms with van der Waals surface area (Å²) in [5.41, 5.74) is 0.147. The molecule has 1 fully saturated rings. The third-order valence-electron chi connectivity index (χ3n) is 3.29. The number of alkyl halides is 2. The fourth-order valence-corrected chi connectivity index (χ4v) is 2.34. The van der Waals surface area contributed by atoms with Crippen LogP contribution in [0, 0.1) is 11.3 Å². The smallest absolute Gasteiger partial charge is 0.258 e. The largest absolute Gasteiger partial charge is 0.506 e. The number of halogens is 2. The predicted molar refractivity (Wildman–Crippen MR) is 66.0 cm³/mol. The van der Waals surface area contributed by atoms with E-state index in [2.05, 4.69) is 5.32 Å². The number of hydrogen-bond acceptors (Lipinski definition) is 4. The Morgan fingerprint density at radius 2 is 2.00 bits per heavy atom. The molecule has 1 aliphatic rings. The van der Waals surface area contributed by atoms with Gasteiger partial charge in [0.1, 0.15) is 17.9 Å². The molecule has 102 valence electrons. The van der Waals surface area contributed by atoms with Crippen molar-refractivity contribution in [3.63, 3.8) is 0 Å². The molecule has 19 heavy (non-hydrogen) atoms. The average Bonchev–Trinajstić information content (AvgIpc) is 2.42. The molecule has 4 nitrogen and oxygen atoms in total. The molecular weight excluding hydrogens is 252 g/mol. The van der Waals surface area contributed by atoms with Crippen molar-refractivity contribution in [3.05, 3.63) is 29.3 Å². The summed E-state index contributed by atoms with van der Waals surface area (Å²) >= 11 is 0. The number of benzene rings is 1. The second kappa shape index (κ2) is 5.95. The first-order valence-corrected chi connectivity index (χ1v) is 6.10. The quantitative estimate of drug-likeness (QED) is 0.870. The van der Waals surface area contributed by atoms with Crippen LogP contribution >= 0.6 is 0 Å². The van der Waals surface area contributed by atoms with Gasteiger partial charge < -0.3 is 10.4 Å². The van der Waals surface area contributed by atoms with Crippen LogP contribution in [0.2, 0.25) is 0 Å². The number of nitrogens with zero attached hydrogens (tertiary/aromatic N) is 2. The van der Waals surface area contributed by atoms with E-state index in [1.165, 1.54) is 18.2 Å². The lowest BCUT2D eigenvalue weighted by molar-refractivity contribution is 0.0170. The second-order valence-corrected chi connectivity index (χ2v) is 4.42. The number of para-hydroxylation sites is 1. The number of piperazine rings is 1. The lowest BCUT2D eigenvalue weighted by Crippen LogP contribution is -2.46. The maximum Gasteiger partial charge on any atom is 0.258 e. The lowest BCUT2D eigenvalue weighted by atomic mass is 10.0. The maximum absolute atomic E-state index is 13.3. The molecule has 0 spiro atoms. The zero-order valence-electron chi connectivity index (χ0n) is 10.3. The molecule has 1 aromatic rings. The fourth-order valence-electron chi connectivity index (χ4n) is 2.34. The van der Waals surface area contributed by atoms with Crippen LogP contribution in [0.15, 0.2) is 18.2 Å². The number of phenols is 1. The van der Waals surface area contributed by atoms with Crippen molar-refractivity contribution in [3.8, 4) is 11.8 Å². The summed E-state index contributed by atoms with van der Waals surface area (Å²) in [5.74, 6) is -0.339. The normalized spacial score (nSPS) is 18.2. The van der Waals surface area contributed by atoms with Gasteiger partial charge in [-0.25, -0.2) is 8.78 Å². The van der Waals surface area contributed by atoms with Gasteiger partial charge in [-0.05, 0) is 6.07 Å². The third kappa shape index (κ3) is 2.83. The molecule has 1 aromatic carbocycles. The Morgan fingerprint density at radius 1 is 1.32 bits per heavy atom. The number of rotatable bonds is 3. The first-order valence-electron chi connectivity index (χ1n) is 6.10. The zero-order chi connectivity index (χ0) is 13.8. The topological polar surface area (TPSA) is 59.3 Å². The third-order valence-corrected chi connectivity index (χ3v) is 3.29. The number of hydrogen-bond donors (Lipinski definition) is 2. The Balaban J connectivity index is 2.36. The van der Waals surface area contributed by atoms with Crippen molar-refractivity contribution in [2.45, 2.75) is 12.5 Å². The highest BCUT2D eigenvalue weighted by molar-refractivity contribution is 5.48. The molecule has 2 N–H and O–H groups in total. The van der Waals surface area contributed by atoms with Crippen LogP contribution in [0.25, 0.3) is 0 Å². The minimum Gasteiger partial charge on any atom is -0.506 e. The van der Waals surface area contributed by atoms with Gasteiger partial charge in [0.05, 0.1) is 5.56 Å². The highest BCUT2D eigenvalue weighted by atomic mass is 19.3. The van der Waals surface area contributed by atoms with E-state index < -0.39 is 12.5 Å². The lowest BCUT2D eigenvalue weighted by Gasteiger charge is -2.34. The van der Waals surface area contributed by atoms with Crippen LogP contribution in [-0.4, -0.2) is 42.6 Å². The Kier molecular flexibility index (Phi) is 4.30. The van der Waals surface area contributed by atoms with E-state index in [0.717, 1.165) is 0 Å². The number of aromatic hydroxyl groups is 1. The van der Waals surface area contributed by atoms with Crippen LogP contribution < -0.4 is 5.32 Å². The molecular formula is C13H15F2N3O. The summed E-state index contributed by atoms with van der Waals surface area (Å²) in [6.07, 6.45) is -2.61. The van der Waals surface area contributed by atoms with E-state index in [0.29, 0.717) is 26.2 Å². The highest BCUT2D eigenvalue weighted by Crippen LogP contribution is 2.35. The van der Waals surface area contributed by atoms with Crippen molar-refractivity contribution in [2.24, 2.45) is 0 Å². The SMILES string of the molecule is N#Cc1cccc([C@@H](C(F)F)N2CCNCC2)c1O. The van der Waals surface area contributed by atoms with Crippen LogP contribution in [0.5, 0.6) is 5.75 Å². The molecule has 1 saturated heterocycles. The summed E-state index contributed by atoms with van der Waals surface area (Å²) < 4.78 is 26.7. The van der Waals surface area contributed by atoms with Gasteiger partial charge in [0, 0.05) is 31.7 Å². The van der Waals surface area contributed by atoms with Crippen molar-refractivity contribution in [1.82, 2.24) is 10.2 Å². The monoisotopic (exact) mass is 267 g/mol. The molecule has 1 atom stereocenters. The summed E-state index contributed by atoms with van der Waals surface area (Å²) in [5, 5.41) is 21.9. The van der Waals surface area contributed by atoms with Crippen LogP contribution in [0.3, 0.4) is 0 Å². The van der Waals surface area contributed by atoms with Gasteiger partial charge in [0.25, 0.3) is 6.43 Å². The minimum absolute atomic E-state index is 0.0262. The Hall–Kier alpha value is -1.71. The molecule has 1 aliphatic heterocycles. The molecule has 1 heterocycles. The van der Waals surface area contributed by atoms with Gasteiger partial charge in [-0.15, -0.1) is 0 Å². The van der Waals surface area contributed by atoms with Gasteiger partial charge in [-0.3, -0.25) is 4.90 Å². The van der Waals surface area contributed by atoms with E-state index in [1.54, 1.807) is 11.0 Å². The molecule has 6 heteroatoms. The first-order chi connectivity index (χ1) is 9.15. The van der Waals surface area contributed by atoms with E-state index >= 15 is 0 Å². The molecule has 0 unspecified atom stereocenters. The zero-order valence-corrected chi connectivity index (χ0v) is 10.3. The average molecular weight is 267 g/mol. The van der Waals surface area contributed by atoms with E-state index in [1.807, 2.05) is 0 Å². The van der Waals surface area contributed by atoms with E-state index in [4.69, 9.17) is 5.26 Å². The molecule has 0 amide bonds. The number of nitrogens with one attached hydrogen (secondary N) is 1. The second-order valence-electron chi connectivity index (χ2n) is 4.42. The van der Waals surface area contributed by atoms with Gasteiger partial charge in [-0.2, -0.15) is 5.26 Å². The Morgan fingerprint density at radius 3 is 2.58 bits per heavy atom. The number of nitriles is 1. The molecule has 2 rings (SSSR count). The molecule has 0 bridgehead atoms. The standard InChI is InChI=1S/C13H15F2N3O/c14-13(15)11(18-6-4-17-5-7-18)10-3-1-2-9(8-16)12(10)19/h1-3,11,13,17,19H,4-7H2/t11-/m0/s1. The predicted octanol–water partition coefficient (Wildman–Crippen LogP) is 1.48. The molecule has 0 saturated carbocycles. The van der Waals surface area contributed by atoms with Crippen molar-refractivity contribution < 1.29 is 13.9 Å².